The van der Waals surface area contributed by atoms with Gasteiger partial charge in [-0.15, -0.1) is 0 Å². The van der Waals surface area contributed by atoms with Gasteiger partial charge in [-0.25, -0.2) is 4.79 Å². The number of allylic oxidation sites excluding steroid dienone is 2. The number of hydrogen-bond donors (Lipinski definition) is 2. The lowest BCUT2D eigenvalue weighted by Gasteiger charge is -2.18. The Hall–Kier alpha value is -1.49. The van der Waals surface area contributed by atoms with Crippen molar-refractivity contribution < 1.29 is 14.6 Å². The molecule has 0 aliphatic rings. The van der Waals surface area contributed by atoms with E-state index in [1.807, 2.05) is 18.0 Å². The number of nitrogens with zero attached hydrogens (tertiary/aromatic N) is 1. The normalized spacial score (nSPS) is 11.8. The molecule has 116 valence electrons. The summed E-state index contributed by atoms with van der Waals surface area (Å²) in [6, 6.07) is 0. The first-order chi connectivity index (χ1) is 9.65. The third kappa shape index (κ3) is 9.44. The fourth-order valence-corrected chi connectivity index (χ4v) is 1.48. The predicted octanol–water partition coefficient (Wildman–Crippen LogP) is 1.78. The maximum absolute atomic E-state index is 11.5. The minimum absolute atomic E-state index is 0.0943. The number of carbonyl (C=O) groups is 1. The summed E-state index contributed by atoms with van der Waals surface area (Å²) in [5.74, 6) is -0.481. The van der Waals surface area contributed by atoms with Crippen LogP contribution in [0.3, 0.4) is 0 Å². The Morgan fingerprint density at radius 1 is 1.25 bits per heavy atom. The van der Waals surface area contributed by atoms with Crippen molar-refractivity contribution in [1.82, 2.24) is 4.90 Å². The van der Waals surface area contributed by atoms with E-state index in [-0.39, 0.29) is 12.3 Å². The van der Waals surface area contributed by atoms with Gasteiger partial charge >= 0.3 is 5.97 Å². The van der Waals surface area contributed by atoms with Crippen molar-refractivity contribution in [1.29, 1.82) is 0 Å². The van der Waals surface area contributed by atoms with Crippen molar-refractivity contribution >= 4 is 5.97 Å². The summed E-state index contributed by atoms with van der Waals surface area (Å²) in [4.78, 5) is 13.5. The fraction of sp³-hybridized carbons (Fsp3) is 0.667. The highest BCUT2D eigenvalue weighted by molar-refractivity contribution is 5.87. The van der Waals surface area contributed by atoms with Crippen molar-refractivity contribution in [2.75, 3.05) is 26.3 Å². The van der Waals surface area contributed by atoms with Crippen LogP contribution in [0, 0.1) is 0 Å². The Morgan fingerprint density at radius 3 is 2.55 bits per heavy atom. The molecule has 0 aliphatic heterocycles. The molecule has 0 saturated carbocycles. The maximum Gasteiger partial charge on any atom is 0.354 e. The van der Waals surface area contributed by atoms with Crippen LogP contribution in [-0.2, 0) is 9.53 Å². The molecule has 0 fully saturated rings. The molecular weight excluding hydrogens is 256 g/mol. The first-order valence-electron chi connectivity index (χ1n) is 7.31. The standard InChI is InChI=1S/C15H28N2O3/c1-3-5-9-17(11-12-18)10-7-8-14(16)15(19)20-13-6-4-2/h7-8,10,18H,3-6,9,11-13,16H2,1-2H3/b10-7+,14-8-. The van der Waals surface area contributed by atoms with Gasteiger partial charge in [-0.1, -0.05) is 26.7 Å². The Bertz CT molecular complexity index is 314. The van der Waals surface area contributed by atoms with Crippen LogP contribution in [0.4, 0.5) is 0 Å². The van der Waals surface area contributed by atoms with Gasteiger partial charge in [-0.05, 0) is 31.2 Å². The van der Waals surface area contributed by atoms with E-state index in [0.717, 1.165) is 32.2 Å². The number of aliphatic hydroxyl groups is 1. The minimum atomic E-state index is -0.481. The molecule has 0 saturated heterocycles. The van der Waals surface area contributed by atoms with Gasteiger partial charge in [0, 0.05) is 13.1 Å². The van der Waals surface area contributed by atoms with Crippen LogP contribution in [0.25, 0.3) is 0 Å². The van der Waals surface area contributed by atoms with Crippen LogP contribution in [0.1, 0.15) is 39.5 Å². The molecule has 20 heavy (non-hydrogen) atoms. The minimum Gasteiger partial charge on any atom is -0.461 e. The van der Waals surface area contributed by atoms with Crippen molar-refractivity contribution in [2.24, 2.45) is 5.73 Å². The van der Waals surface area contributed by atoms with Crippen LogP contribution in [0.5, 0.6) is 0 Å². The summed E-state index contributed by atoms with van der Waals surface area (Å²) in [5.41, 5.74) is 5.72. The molecule has 5 nitrogen and oxygen atoms in total. The largest absolute Gasteiger partial charge is 0.461 e. The molecule has 0 heterocycles. The maximum atomic E-state index is 11.5. The van der Waals surface area contributed by atoms with Gasteiger partial charge < -0.3 is 20.5 Å². The molecule has 0 radical (unpaired) electrons. The zero-order valence-corrected chi connectivity index (χ0v) is 12.7. The van der Waals surface area contributed by atoms with Gasteiger partial charge in [0.1, 0.15) is 5.70 Å². The SMILES string of the molecule is CCCCOC(=O)/C(N)=C/C=C/N(CCO)CCCC. The van der Waals surface area contributed by atoms with Crippen LogP contribution in [0.15, 0.2) is 24.0 Å². The molecule has 0 amide bonds. The van der Waals surface area contributed by atoms with Crippen LogP contribution >= 0.6 is 0 Å². The van der Waals surface area contributed by atoms with E-state index >= 15 is 0 Å². The third-order valence-corrected chi connectivity index (χ3v) is 2.73. The van der Waals surface area contributed by atoms with Crippen LogP contribution in [0.2, 0.25) is 0 Å². The summed E-state index contributed by atoms with van der Waals surface area (Å²) in [6.45, 7) is 6.10. The van der Waals surface area contributed by atoms with Crippen molar-refractivity contribution in [3.8, 4) is 0 Å². The number of hydrogen-bond acceptors (Lipinski definition) is 5. The number of rotatable bonds is 11. The Balaban J connectivity index is 4.25. The lowest BCUT2D eigenvalue weighted by atomic mass is 10.3. The van der Waals surface area contributed by atoms with Gasteiger partial charge in [-0.3, -0.25) is 0 Å². The molecule has 0 atom stereocenters. The first-order valence-corrected chi connectivity index (χ1v) is 7.31. The van der Waals surface area contributed by atoms with Gasteiger partial charge in [0.05, 0.1) is 13.2 Å². The summed E-state index contributed by atoms with van der Waals surface area (Å²) in [5, 5.41) is 8.96. The highest BCUT2D eigenvalue weighted by atomic mass is 16.5. The molecule has 3 N–H and O–H groups in total. The highest BCUT2D eigenvalue weighted by Crippen LogP contribution is 1.98. The number of esters is 1. The number of ether oxygens (including phenoxy) is 1. The molecule has 0 aromatic rings. The summed E-state index contributed by atoms with van der Waals surface area (Å²) in [7, 11) is 0. The molecule has 0 aromatic carbocycles. The van der Waals surface area contributed by atoms with E-state index in [1.165, 1.54) is 6.08 Å². The van der Waals surface area contributed by atoms with E-state index in [1.54, 1.807) is 6.08 Å². The lowest BCUT2D eigenvalue weighted by Crippen LogP contribution is -2.22. The monoisotopic (exact) mass is 284 g/mol. The second-order valence-corrected chi connectivity index (χ2v) is 4.57. The summed E-state index contributed by atoms with van der Waals surface area (Å²) < 4.78 is 4.99. The number of carbonyl (C=O) groups excluding carboxylic acids is 1. The number of unbranched alkanes of at least 4 members (excludes halogenated alkanes) is 2. The summed E-state index contributed by atoms with van der Waals surface area (Å²) in [6.07, 6.45) is 9.05. The molecule has 0 aliphatic carbocycles. The second-order valence-electron chi connectivity index (χ2n) is 4.57. The third-order valence-electron chi connectivity index (χ3n) is 2.73. The quantitative estimate of drug-likeness (QED) is 0.262. The average molecular weight is 284 g/mol. The Labute approximate surface area is 122 Å². The van der Waals surface area contributed by atoms with Crippen LogP contribution < -0.4 is 5.73 Å². The second kappa shape index (κ2) is 12.5. The lowest BCUT2D eigenvalue weighted by molar-refractivity contribution is -0.139. The molecule has 0 spiro atoms. The van der Waals surface area contributed by atoms with Crippen molar-refractivity contribution in [3.63, 3.8) is 0 Å². The average Bonchev–Trinajstić information content (AvgIpc) is 2.44. The molecule has 0 rings (SSSR count). The number of nitrogens with two attached hydrogens (primary N) is 1. The first kappa shape index (κ1) is 18.5. The molecule has 0 bridgehead atoms. The molecule has 0 aromatic heterocycles. The fourth-order valence-electron chi connectivity index (χ4n) is 1.48. The van der Waals surface area contributed by atoms with E-state index in [0.29, 0.717) is 13.2 Å². The predicted molar refractivity (Wildman–Crippen MR) is 80.8 cm³/mol. The molecular formula is C15H28N2O3. The van der Waals surface area contributed by atoms with E-state index in [9.17, 15) is 4.79 Å². The van der Waals surface area contributed by atoms with Gasteiger partial charge in [-0.2, -0.15) is 0 Å². The van der Waals surface area contributed by atoms with E-state index in [4.69, 9.17) is 15.6 Å². The van der Waals surface area contributed by atoms with Crippen molar-refractivity contribution in [2.45, 2.75) is 39.5 Å². The summed E-state index contributed by atoms with van der Waals surface area (Å²) >= 11 is 0. The zero-order valence-electron chi connectivity index (χ0n) is 12.7. The highest BCUT2D eigenvalue weighted by Gasteiger charge is 2.04. The van der Waals surface area contributed by atoms with E-state index in [2.05, 4.69) is 6.92 Å². The molecule has 0 unspecified atom stereocenters. The topological polar surface area (TPSA) is 75.8 Å². The van der Waals surface area contributed by atoms with Crippen molar-refractivity contribution in [3.05, 3.63) is 24.0 Å². The Morgan fingerprint density at radius 2 is 1.95 bits per heavy atom. The van der Waals surface area contributed by atoms with E-state index < -0.39 is 5.97 Å². The van der Waals surface area contributed by atoms with Crippen LogP contribution in [-0.4, -0.2) is 42.3 Å². The van der Waals surface area contributed by atoms with Gasteiger partial charge in [0.2, 0.25) is 0 Å². The smallest absolute Gasteiger partial charge is 0.354 e. The number of aliphatic hydroxyl groups excluding tert-OH is 1. The van der Waals surface area contributed by atoms with Gasteiger partial charge in [0.25, 0.3) is 0 Å². The zero-order chi connectivity index (χ0) is 15.2. The Kier molecular flexibility index (Phi) is 11.6. The van der Waals surface area contributed by atoms with Gasteiger partial charge in [0.15, 0.2) is 0 Å². The molecule has 5 heteroatoms.